The van der Waals surface area contributed by atoms with Crippen molar-refractivity contribution in [1.82, 2.24) is 5.32 Å². The normalized spacial score (nSPS) is 11.4. The highest BCUT2D eigenvalue weighted by molar-refractivity contribution is 14.0. The van der Waals surface area contributed by atoms with Crippen molar-refractivity contribution >= 4 is 29.9 Å². The Labute approximate surface area is 145 Å². The van der Waals surface area contributed by atoms with E-state index in [1.54, 1.807) is 0 Å². The van der Waals surface area contributed by atoms with Crippen molar-refractivity contribution < 1.29 is 4.74 Å². The van der Waals surface area contributed by atoms with Gasteiger partial charge in [-0.15, -0.1) is 24.0 Å². The van der Waals surface area contributed by atoms with Crippen LogP contribution in [0.5, 0.6) is 5.75 Å². The molecule has 0 bridgehead atoms. The lowest BCUT2D eigenvalue weighted by molar-refractivity contribution is 0.287. The van der Waals surface area contributed by atoms with Crippen molar-refractivity contribution in [3.63, 3.8) is 0 Å². The number of rotatable bonds is 7. The first-order chi connectivity index (χ1) is 9.49. The van der Waals surface area contributed by atoms with E-state index in [9.17, 15) is 0 Å². The molecule has 0 atom stereocenters. The lowest BCUT2D eigenvalue weighted by atomic mass is 10.1. The summed E-state index contributed by atoms with van der Waals surface area (Å²) in [6.45, 7) is 9.72. The molecule has 0 saturated carbocycles. The molecule has 0 aromatic heterocycles. The molecule has 0 fully saturated rings. The molecule has 21 heavy (non-hydrogen) atoms. The van der Waals surface area contributed by atoms with Crippen LogP contribution in [0, 0.1) is 5.92 Å². The van der Waals surface area contributed by atoms with Crippen LogP contribution in [0.4, 0.5) is 0 Å². The molecular weight excluding hydrogens is 377 g/mol. The number of halogens is 1. The smallest absolute Gasteiger partial charge is 0.189 e. The molecule has 0 heterocycles. The lowest BCUT2D eigenvalue weighted by Crippen LogP contribution is -2.36. The van der Waals surface area contributed by atoms with Crippen LogP contribution in [-0.4, -0.2) is 18.6 Å². The molecule has 3 N–H and O–H groups in total. The standard InChI is InChI=1S/C16H27N3O.HI/c1-12(2)9-10-20-15-8-6-5-7-14(15)11-18-16(17)19-13(3)4;/h5-8,12-13H,9-11H2,1-4H3,(H3,17,18,19);1H. The first-order valence-electron chi connectivity index (χ1n) is 7.26. The molecule has 4 nitrogen and oxygen atoms in total. The summed E-state index contributed by atoms with van der Waals surface area (Å²) in [6.07, 6.45) is 1.05. The number of ether oxygens (including phenoxy) is 1. The van der Waals surface area contributed by atoms with Crippen molar-refractivity contribution in [2.75, 3.05) is 6.61 Å². The largest absolute Gasteiger partial charge is 0.493 e. The van der Waals surface area contributed by atoms with Gasteiger partial charge < -0.3 is 15.8 Å². The SMILES string of the molecule is CC(C)CCOc1ccccc1CN=C(N)NC(C)C.I. The molecule has 0 aliphatic rings. The van der Waals surface area contributed by atoms with E-state index >= 15 is 0 Å². The van der Waals surface area contributed by atoms with Crippen molar-refractivity contribution in [2.45, 2.75) is 46.7 Å². The first-order valence-corrected chi connectivity index (χ1v) is 7.26. The van der Waals surface area contributed by atoms with E-state index in [-0.39, 0.29) is 30.0 Å². The second kappa shape index (κ2) is 10.7. The van der Waals surface area contributed by atoms with Gasteiger partial charge in [-0.25, -0.2) is 4.99 Å². The summed E-state index contributed by atoms with van der Waals surface area (Å²) in [5, 5.41) is 3.08. The average Bonchev–Trinajstić information content (AvgIpc) is 2.36. The quantitative estimate of drug-likeness (QED) is 0.415. The number of aliphatic imine (C=N–C) groups is 1. The zero-order valence-electron chi connectivity index (χ0n) is 13.4. The zero-order chi connectivity index (χ0) is 15.0. The maximum absolute atomic E-state index is 5.83. The molecule has 0 aliphatic carbocycles. The number of guanidine groups is 1. The van der Waals surface area contributed by atoms with E-state index in [2.05, 4.69) is 24.2 Å². The minimum atomic E-state index is 0. The van der Waals surface area contributed by atoms with Gasteiger partial charge in [-0.3, -0.25) is 0 Å². The number of para-hydroxylation sites is 1. The minimum Gasteiger partial charge on any atom is -0.493 e. The van der Waals surface area contributed by atoms with Gasteiger partial charge in [0.05, 0.1) is 13.2 Å². The molecule has 0 spiro atoms. The molecule has 1 rings (SSSR count). The van der Waals surface area contributed by atoms with Gasteiger partial charge in [0.15, 0.2) is 5.96 Å². The van der Waals surface area contributed by atoms with Crippen LogP contribution in [0.25, 0.3) is 0 Å². The topological polar surface area (TPSA) is 59.6 Å². The fourth-order valence-electron chi connectivity index (χ4n) is 1.69. The Balaban J connectivity index is 0.00000400. The van der Waals surface area contributed by atoms with Gasteiger partial charge in [0.1, 0.15) is 5.75 Å². The van der Waals surface area contributed by atoms with Crippen molar-refractivity contribution in [3.05, 3.63) is 29.8 Å². The van der Waals surface area contributed by atoms with E-state index < -0.39 is 0 Å². The molecule has 0 amide bonds. The van der Waals surface area contributed by atoms with Crippen LogP contribution in [0.3, 0.4) is 0 Å². The van der Waals surface area contributed by atoms with E-state index in [1.807, 2.05) is 38.1 Å². The second-order valence-electron chi connectivity index (χ2n) is 5.64. The van der Waals surface area contributed by atoms with Gasteiger partial charge in [0, 0.05) is 11.6 Å². The Morgan fingerprint density at radius 1 is 1.24 bits per heavy atom. The van der Waals surface area contributed by atoms with Crippen molar-refractivity contribution in [3.8, 4) is 5.75 Å². The fraction of sp³-hybridized carbons (Fsp3) is 0.562. The van der Waals surface area contributed by atoms with E-state index in [4.69, 9.17) is 10.5 Å². The Morgan fingerprint density at radius 2 is 1.90 bits per heavy atom. The Bertz CT molecular complexity index is 433. The van der Waals surface area contributed by atoms with E-state index in [1.165, 1.54) is 0 Å². The van der Waals surface area contributed by atoms with Gasteiger partial charge in [-0.2, -0.15) is 0 Å². The molecule has 120 valence electrons. The third kappa shape index (κ3) is 8.80. The summed E-state index contributed by atoms with van der Waals surface area (Å²) >= 11 is 0. The summed E-state index contributed by atoms with van der Waals surface area (Å²) in [5.41, 5.74) is 6.87. The molecule has 1 aromatic rings. The molecule has 0 radical (unpaired) electrons. The molecule has 0 aliphatic heterocycles. The van der Waals surface area contributed by atoms with Gasteiger partial charge in [-0.05, 0) is 32.3 Å². The Kier molecular flexibility index (Phi) is 10.2. The average molecular weight is 405 g/mol. The van der Waals surface area contributed by atoms with Gasteiger partial charge in [-0.1, -0.05) is 32.0 Å². The molecule has 1 aromatic carbocycles. The molecular formula is C16H28IN3O. The van der Waals surface area contributed by atoms with Crippen LogP contribution in [-0.2, 0) is 6.54 Å². The highest BCUT2D eigenvalue weighted by Gasteiger charge is 2.04. The van der Waals surface area contributed by atoms with E-state index in [0.29, 0.717) is 18.4 Å². The Hall–Kier alpha value is -0.980. The molecule has 5 heteroatoms. The minimum absolute atomic E-state index is 0. The number of nitrogens with one attached hydrogen (secondary N) is 1. The summed E-state index contributed by atoms with van der Waals surface area (Å²) in [4.78, 5) is 4.34. The van der Waals surface area contributed by atoms with Crippen molar-refractivity contribution in [2.24, 2.45) is 16.6 Å². The third-order valence-corrected chi connectivity index (χ3v) is 2.78. The van der Waals surface area contributed by atoms with Crippen molar-refractivity contribution in [1.29, 1.82) is 0 Å². The summed E-state index contributed by atoms with van der Waals surface area (Å²) in [6, 6.07) is 8.27. The van der Waals surface area contributed by atoms with Gasteiger partial charge in [0.2, 0.25) is 0 Å². The predicted molar refractivity (Wildman–Crippen MR) is 100 cm³/mol. The van der Waals surface area contributed by atoms with E-state index in [0.717, 1.165) is 24.3 Å². The van der Waals surface area contributed by atoms with Gasteiger partial charge in [0.25, 0.3) is 0 Å². The number of benzene rings is 1. The third-order valence-electron chi connectivity index (χ3n) is 2.78. The van der Waals surface area contributed by atoms with Crippen LogP contribution in [0.1, 0.15) is 39.7 Å². The lowest BCUT2D eigenvalue weighted by Gasteiger charge is -2.12. The fourth-order valence-corrected chi connectivity index (χ4v) is 1.69. The number of hydrogen-bond donors (Lipinski definition) is 2. The number of nitrogens with two attached hydrogens (primary N) is 1. The summed E-state index contributed by atoms with van der Waals surface area (Å²) < 4.78 is 5.83. The monoisotopic (exact) mass is 405 g/mol. The predicted octanol–water partition coefficient (Wildman–Crippen LogP) is 3.54. The summed E-state index contributed by atoms with van der Waals surface area (Å²) in [7, 11) is 0. The van der Waals surface area contributed by atoms with Crippen LogP contribution < -0.4 is 15.8 Å². The van der Waals surface area contributed by atoms with Crippen LogP contribution >= 0.6 is 24.0 Å². The number of hydrogen-bond acceptors (Lipinski definition) is 2. The zero-order valence-corrected chi connectivity index (χ0v) is 15.8. The highest BCUT2D eigenvalue weighted by atomic mass is 127. The Morgan fingerprint density at radius 3 is 2.52 bits per heavy atom. The van der Waals surface area contributed by atoms with Gasteiger partial charge >= 0.3 is 0 Å². The van der Waals surface area contributed by atoms with Crippen LogP contribution in [0.15, 0.2) is 29.3 Å². The maximum atomic E-state index is 5.83. The first kappa shape index (κ1) is 20.0. The second-order valence-corrected chi connectivity index (χ2v) is 5.64. The van der Waals surface area contributed by atoms with Crippen LogP contribution in [0.2, 0.25) is 0 Å². The number of nitrogens with zero attached hydrogens (tertiary/aromatic N) is 1. The molecule has 0 saturated heterocycles. The summed E-state index contributed by atoms with van der Waals surface area (Å²) in [5.74, 6) is 2.01. The molecule has 0 unspecified atom stereocenters. The maximum Gasteiger partial charge on any atom is 0.189 e. The highest BCUT2D eigenvalue weighted by Crippen LogP contribution is 2.19.